The maximum atomic E-state index is 13.0. The van der Waals surface area contributed by atoms with E-state index in [0.29, 0.717) is 6.54 Å². The van der Waals surface area contributed by atoms with Crippen LogP contribution in [-0.4, -0.2) is 44.1 Å². The van der Waals surface area contributed by atoms with Gasteiger partial charge >= 0.3 is 10.2 Å². The molecule has 7 heteroatoms. The molecule has 2 heterocycles. The minimum absolute atomic E-state index is 0.0639. The Kier molecular flexibility index (Phi) is 4.57. The summed E-state index contributed by atoms with van der Waals surface area (Å²) in [4.78, 5) is 15.6. The number of likely N-dealkylation sites (tertiary alicyclic amines) is 1. The average Bonchev–Trinajstić information content (AvgIpc) is 2.90. The fraction of sp³-hybridized carbons (Fsp3) is 0.562. The zero-order valence-electron chi connectivity index (χ0n) is 12.9. The zero-order chi connectivity index (χ0) is 16.4. The molecule has 2 saturated heterocycles. The lowest BCUT2D eigenvalue weighted by atomic mass is 10.1. The van der Waals surface area contributed by atoms with Crippen molar-refractivity contribution in [2.75, 3.05) is 24.5 Å². The summed E-state index contributed by atoms with van der Waals surface area (Å²) in [5, 5.41) is -1.22. The minimum Gasteiger partial charge on any atom is -0.372 e. The van der Waals surface area contributed by atoms with Crippen molar-refractivity contribution in [1.29, 1.82) is 0 Å². The summed E-state index contributed by atoms with van der Waals surface area (Å²) in [6.07, 6.45) is 3.45. The highest BCUT2D eigenvalue weighted by molar-refractivity contribution is 7.87. The van der Waals surface area contributed by atoms with Gasteiger partial charge in [-0.15, -0.1) is 3.89 Å². The molecule has 1 atom stereocenters. The van der Waals surface area contributed by atoms with E-state index in [0.717, 1.165) is 18.7 Å². The molecule has 0 saturated carbocycles. The number of nitrogens with zero attached hydrogens (tertiary/aromatic N) is 2. The fourth-order valence-electron chi connectivity index (χ4n) is 3.26. The molecule has 1 unspecified atom stereocenters. The Labute approximate surface area is 136 Å². The molecule has 1 amide bonds. The third kappa shape index (κ3) is 3.83. The van der Waals surface area contributed by atoms with Gasteiger partial charge in [-0.2, -0.15) is 8.42 Å². The number of anilines is 1. The van der Waals surface area contributed by atoms with E-state index >= 15 is 0 Å². The second-order valence-corrected chi connectivity index (χ2v) is 7.91. The maximum absolute atomic E-state index is 13.0. The summed E-state index contributed by atoms with van der Waals surface area (Å²) in [6, 6.07) is 7.97. The van der Waals surface area contributed by atoms with Crippen LogP contribution in [0.5, 0.6) is 0 Å². The average molecular weight is 340 g/mol. The predicted molar refractivity (Wildman–Crippen MR) is 86.4 cm³/mol. The van der Waals surface area contributed by atoms with Gasteiger partial charge in [0.25, 0.3) is 0 Å². The van der Waals surface area contributed by atoms with Gasteiger partial charge in [0.05, 0.1) is 0 Å². The molecule has 5 nitrogen and oxygen atoms in total. The summed E-state index contributed by atoms with van der Waals surface area (Å²) in [5.41, 5.74) is 2.10. The van der Waals surface area contributed by atoms with Gasteiger partial charge < -0.3 is 9.80 Å². The molecule has 23 heavy (non-hydrogen) atoms. The van der Waals surface area contributed by atoms with Gasteiger partial charge in [0, 0.05) is 38.3 Å². The highest BCUT2D eigenvalue weighted by atomic mass is 32.3. The standard InChI is InChI=1S/C16H21FN2O3S/c17-23(21,22)15-10-16(20)19(12-15)11-13-4-6-14(7-5-13)18-8-2-1-3-9-18/h4-7,15H,1-3,8-12H2. The largest absolute Gasteiger partial charge is 0.372 e. The molecule has 0 aromatic heterocycles. The first-order valence-electron chi connectivity index (χ1n) is 7.98. The number of hydrogen-bond donors (Lipinski definition) is 0. The highest BCUT2D eigenvalue weighted by Crippen LogP contribution is 2.24. The van der Waals surface area contributed by atoms with Crippen LogP contribution in [-0.2, 0) is 21.6 Å². The number of piperidine rings is 1. The second kappa shape index (κ2) is 6.47. The summed E-state index contributed by atoms with van der Waals surface area (Å²) in [5.74, 6) is -0.309. The van der Waals surface area contributed by atoms with Crippen molar-refractivity contribution >= 4 is 21.8 Å². The SMILES string of the molecule is O=C1CC(S(=O)(=O)F)CN1Cc1ccc(N2CCCCC2)cc1. The van der Waals surface area contributed by atoms with E-state index in [-0.39, 0.29) is 18.9 Å². The molecule has 1 aromatic carbocycles. The van der Waals surface area contributed by atoms with Gasteiger partial charge in [0.15, 0.2) is 0 Å². The molecule has 2 aliphatic rings. The van der Waals surface area contributed by atoms with Gasteiger partial charge in [0.1, 0.15) is 5.25 Å². The number of carbonyl (C=O) groups excluding carboxylic acids is 1. The van der Waals surface area contributed by atoms with Crippen molar-refractivity contribution in [3.8, 4) is 0 Å². The van der Waals surface area contributed by atoms with Gasteiger partial charge in [-0.25, -0.2) is 0 Å². The van der Waals surface area contributed by atoms with Crippen LogP contribution in [0.2, 0.25) is 0 Å². The third-order valence-corrected chi connectivity index (χ3v) is 5.72. The molecule has 0 spiro atoms. The quantitative estimate of drug-likeness (QED) is 0.788. The number of hydrogen-bond acceptors (Lipinski definition) is 4. The molecular formula is C16H21FN2O3S. The lowest BCUT2D eigenvalue weighted by Crippen LogP contribution is -2.29. The number of halogens is 1. The Morgan fingerprint density at radius 2 is 1.74 bits per heavy atom. The Bertz CT molecular complexity index is 669. The first kappa shape index (κ1) is 16.2. The Morgan fingerprint density at radius 1 is 1.09 bits per heavy atom. The van der Waals surface area contributed by atoms with Crippen molar-refractivity contribution < 1.29 is 17.1 Å². The van der Waals surface area contributed by atoms with Crippen LogP contribution < -0.4 is 4.90 Å². The van der Waals surface area contributed by atoms with Crippen LogP contribution in [0.15, 0.2) is 24.3 Å². The second-order valence-electron chi connectivity index (χ2n) is 6.29. The Morgan fingerprint density at radius 3 is 2.30 bits per heavy atom. The first-order chi connectivity index (χ1) is 10.9. The number of amides is 1. The Hall–Kier alpha value is -1.63. The zero-order valence-corrected chi connectivity index (χ0v) is 13.8. The van der Waals surface area contributed by atoms with Crippen LogP contribution in [0.3, 0.4) is 0 Å². The number of rotatable bonds is 4. The van der Waals surface area contributed by atoms with Crippen molar-refractivity contribution in [3.05, 3.63) is 29.8 Å². The van der Waals surface area contributed by atoms with E-state index in [4.69, 9.17) is 0 Å². The van der Waals surface area contributed by atoms with Crippen LogP contribution >= 0.6 is 0 Å². The molecule has 0 bridgehead atoms. The molecule has 0 N–H and O–H groups in total. The molecular weight excluding hydrogens is 319 g/mol. The van der Waals surface area contributed by atoms with Crippen molar-refractivity contribution in [1.82, 2.24) is 4.90 Å². The normalized spacial score (nSPS) is 22.7. The highest BCUT2D eigenvalue weighted by Gasteiger charge is 2.38. The van der Waals surface area contributed by atoms with Crippen molar-refractivity contribution in [3.63, 3.8) is 0 Å². The van der Waals surface area contributed by atoms with Gasteiger partial charge in [-0.05, 0) is 37.0 Å². The monoisotopic (exact) mass is 340 g/mol. The fourth-order valence-corrected chi connectivity index (χ4v) is 3.96. The number of carbonyl (C=O) groups is 1. The van der Waals surface area contributed by atoms with Gasteiger partial charge in [-0.1, -0.05) is 12.1 Å². The summed E-state index contributed by atoms with van der Waals surface area (Å²) in [6.45, 7) is 2.40. The number of benzene rings is 1. The molecule has 2 aliphatic heterocycles. The molecule has 1 aromatic rings. The predicted octanol–water partition coefficient (Wildman–Crippen LogP) is 2.08. The summed E-state index contributed by atoms with van der Waals surface area (Å²) >= 11 is 0. The summed E-state index contributed by atoms with van der Waals surface area (Å²) < 4.78 is 34.9. The van der Waals surface area contributed by atoms with Crippen molar-refractivity contribution in [2.24, 2.45) is 0 Å². The van der Waals surface area contributed by atoms with Crippen LogP contribution in [0.1, 0.15) is 31.2 Å². The topological polar surface area (TPSA) is 57.7 Å². The lowest BCUT2D eigenvalue weighted by molar-refractivity contribution is -0.128. The first-order valence-corrected chi connectivity index (χ1v) is 9.43. The molecule has 2 fully saturated rings. The minimum atomic E-state index is -4.65. The van der Waals surface area contributed by atoms with Crippen molar-refractivity contribution in [2.45, 2.75) is 37.5 Å². The molecule has 126 valence electrons. The van der Waals surface area contributed by atoms with E-state index in [2.05, 4.69) is 4.90 Å². The molecule has 0 radical (unpaired) electrons. The molecule has 0 aliphatic carbocycles. The van der Waals surface area contributed by atoms with Gasteiger partial charge in [-0.3, -0.25) is 4.79 Å². The third-order valence-electron chi connectivity index (χ3n) is 4.61. The van der Waals surface area contributed by atoms with Crippen LogP contribution in [0, 0.1) is 0 Å². The molecule has 3 rings (SSSR count). The van der Waals surface area contributed by atoms with Crippen LogP contribution in [0.25, 0.3) is 0 Å². The van der Waals surface area contributed by atoms with E-state index in [1.54, 1.807) is 0 Å². The van der Waals surface area contributed by atoms with E-state index < -0.39 is 15.5 Å². The van der Waals surface area contributed by atoms with E-state index in [1.807, 2.05) is 24.3 Å². The van der Waals surface area contributed by atoms with E-state index in [1.165, 1.54) is 29.8 Å². The lowest BCUT2D eigenvalue weighted by Gasteiger charge is -2.29. The van der Waals surface area contributed by atoms with Crippen LogP contribution in [0.4, 0.5) is 9.57 Å². The smallest absolute Gasteiger partial charge is 0.307 e. The maximum Gasteiger partial charge on any atom is 0.307 e. The Balaban J connectivity index is 1.63. The van der Waals surface area contributed by atoms with Gasteiger partial charge in [0.2, 0.25) is 5.91 Å². The van der Waals surface area contributed by atoms with E-state index in [9.17, 15) is 17.1 Å². The summed E-state index contributed by atoms with van der Waals surface area (Å²) in [7, 11) is -4.65.